The minimum atomic E-state index is -4.85. The second kappa shape index (κ2) is 5.12. The average molecular weight is 258 g/mol. The van der Waals surface area contributed by atoms with Crippen molar-refractivity contribution < 1.29 is 18.0 Å². The lowest BCUT2D eigenvalue weighted by molar-refractivity contribution is -0.165. The maximum absolute atomic E-state index is 12.0. The fraction of sp³-hybridized carbons (Fsp3) is 0.250. The van der Waals surface area contributed by atoms with Gasteiger partial charge in [0.2, 0.25) is 0 Å². The summed E-state index contributed by atoms with van der Waals surface area (Å²) in [5, 5.41) is 2.71. The number of halogens is 3. The predicted molar refractivity (Wildman–Crippen MR) is 64.0 cm³/mol. The topological polar surface area (TPSA) is 55.1 Å². The molecule has 3 nitrogen and oxygen atoms in total. The molecular weight excluding hydrogens is 245 g/mol. The highest BCUT2D eigenvalue weighted by atomic mass is 19.4. The van der Waals surface area contributed by atoms with E-state index in [0.29, 0.717) is 23.0 Å². The molecule has 0 amide bonds. The van der Waals surface area contributed by atoms with Crippen molar-refractivity contribution in [1.29, 1.82) is 0 Å². The molecule has 0 aliphatic heterocycles. The second-order valence-corrected chi connectivity index (χ2v) is 3.83. The van der Waals surface area contributed by atoms with Gasteiger partial charge in [-0.2, -0.15) is 13.2 Å². The van der Waals surface area contributed by atoms with Crippen LogP contribution in [0.1, 0.15) is 12.5 Å². The first-order valence-electron chi connectivity index (χ1n) is 5.13. The molecule has 18 heavy (non-hydrogen) atoms. The molecule has 0 aromatic heterocycles. The predicted octanol–water partition coefficient (Wildman–Crippen LogP) is 3.02. The number of carbonyl (C=O) groups is 1. The first-order valence-corrected chi connectivity index (χ1v) is 5.13. The minimum Gasteiger partial charge on any atom is -0.398 e. The Kier molecular flexibility index (Phi) is 4.00. The third kappa shape index (κ3) is 3.51. The van der Waals surface area contributed by atoms with Gasteiger partial charge in [0.05, 0.1) is 0 Å². The Morgan fingerprint density at radius 3 is 2.56 bits per heavy atom. The maximum atomic E-state index is 12.0. The third-order valence-corrected chi connectivity index (χ3v) is 2.33. The highest BCUT2D eigenvalue weighted by molar-refractivity contribution is 5.95. The standard InChI is InChI=1S/C12H13F3N2O/c1-7(6-11(18)12(13,14)15)17-10-5-3-4-9(16)8(10)2/h3-6,17H,16H2,1-2H3/b7-6-. The first kappa shape index (κ1) is 14.1. The van der Waals surface area contributed by atoms with Crippen molar-refractivity contribution in [2.45, 2.75) is 20.0 Å². The van der Waals surface area contributed by atoms with E-state index in [9.17, 15) is 18.0 Å². The summed E-state index contributed by atoms with van der Waals surface area (Å²) in [6, 6.07) is 5.02. The van der Waals surface area contributed by atoms with Gasteiger partial charge in [0, 0.05) is 23.1 Å². The van der Waals surface area contributed by atoms with Crippen LogP contribution in [0.4, 0.5) is 24.5 Å². The zero-order valence-electron chi connectivity index (χ0n) is 9.93. The van der Waals surface area contributed by atoms with Crippen LogP contribution in [-0.4, -0.2) is 12.0 Å². The summed E-state index contributed by atoms with van der Waals surface area (Å²) in [7, 11) is 0. The number of nitrogens with one attached hydrogen (secondary N) is 1. The van der Waals surface area contributed by atoms with Crippen LogP contribution in [0.15, 0.2) is 30.0 Å². The van der Waals surface area contributed by atoms with Gasteiger partial charge in [0.1, 0.15) is 0 Å². The highest BCUT2D eigenvalue weighted by Crippen LogP contribution is 2.22. The van der Waals surface area contributed by atoms with Crippen LogP contribution in [0.5, 0.6) is 0 Å². The van der Waals surface area contributed by atoms with Gasteiger partial charge in [0.15, 0.2) is 0 Å². The fourth-order valence-electron chi connectivity index (χ4n) is 1.32. The number of rotatable bonds is 3. The number of nitrogen functional groups attached to an aromatic ring is 1. The molecule has 0 unspecified atom stereocenters. The normalized spacial score (nSPS) is 12.4. The third-order valence-electron chi connectivity index (χ3n) is 2.33. The minimum absolute atomic E-state index is 0.103. The molecule has 0 atom stereocenters. The van der Waals surface area contributed by atoms with Gasteiger partial charge in [-0.15, -0.1) is 0 Å². The molecule has 0 saturated carbocycles. The van der Waals surface area contributed by atoms with E-state index in [0.717, 1.165) is 0 Å². The summed E-state index contributed by atoms with van der Waals surface area (Å²) in [5.74, 6) is -1.89. The summed E-state index contributed by atoms with van der Waals surface area (Å²) in [5.41, 5.74) is 7.57. The molecule has 0 aliphatic rings. The summed E-state index contributed by atoms with van der Waals surface area (Å²) < 4.78 is 36.1. The average Bonchev–Trinajstić information content (AvgIpc) is 2.23. The molecule has 6 heteroatoms. The number of anilines is 2. The molecule has 1 aromatic rings. The van der Waals surface area contributed by atoms with Gasteiger partial charge >= 0.3 is 6.18 Å². The number of benzene rings is 1. The zero-order valence-corrected chi connectivity index (χ0v) is 9.93. The van der Waals surface area contributed by atoms with Crippen LogP contribution in [0, 0.1) is 6.92 Å². The van der Waals surface area contributed by atoms with Crippen molar-refractivity contribution in [2.24, 2.45) is 0 Å². The number of hydrogen-bond acceptors (Lipinski definition) is 3. The second-order valence-electron chi connectivity index (χ2n) is 3.83. The fourth-order valence-corrected chi connectivity index (χ4v) is 1.32. The Bertz CT molecular complexity index is 493. The van der Waals surface area contributed by atoms with Gasteiger partial charge < -0.3 is 11.1 Å². The number of carbonyl (C=O) groups excluding carboxylic acids is 1. The molecule has 0 bridgehead atoms. The van der Waals surface area contributed by atoms with Crippen LogP contribution >= 0.6 is 0 Å². The zero-order chi connectivity index (χ0) is 13.9. The molecule has 1 aromatic carbocycles. The van der Waals surface area contributed by atoms with E-state index in [1.807, 2.05) is 0 Å². The van der Waals surface area contributed by atoms with Crippen LogP contribution in [0.25, 0.3) is 0 Å². The summed E-state index contributed by atoms with van der Waals surface area (Å²) in [6.07, 6.45) is -4.34. The van der Waals surface area contributed by atoms with Crippen LogP contribution in [0.2, 0.25) is 0 Å². The lowest BCUT2D eigenvalue weighted by atomic mass is 10.1. The maximum Gasteiger partial charge on any atom is 0.454 e. The van der Waals surface area contributed by atoms with Crippen molar-refractivity contribution in [3.63, 3.8) is 0 Å². The van der Waals surface area contributed by atoms with E-state index in [-0.39, 0.29) is 5.70 Å². The molecule has 0 heterocycles. The van der Waals surface area contributed by atoms with Gasteiger partial charge in [-0.1, -0.05) is 6.07 Å². The van der Waals surface area contributed by atoms with Crippen molar-refractivity contribution in [3.8, 4) is 0 Å². The van der Waals surface area contributed by atoms with Gasteiger partial charge in [-0.25, -0.2) is 0 Å². The Balaban J connectivity index is 2.88. The molecule has 0 radical (unpaired) electrons. The summed E-state index contributed by atoms with van der Waals surface area (Å²) in [6.45, 7) is 3.11. The van der Waals surface area contributed by atoms with Gasteiger partial charge in [-0.3, -0.25) is 4.79 Å². The molecule has 0 spiro atoms. The highest BCUT2D eigenvalue weighted by Gasteiger charge is 2.36. The monoisotopic (exact) mass is 258 g/mol. The SMILES string of the molecule is C/C(=C/C(=O)C(F)(F)F)Nc1cccc(N)c1C. The van der Waals surface area contributed by atoms with E-state index >= 15 is 0 Å². The van der Waals surface area contributed by atoms with Crippen molar-refractivity contribution >= 4 is 17.2 Å². The lowest BCUT2D eigenvalue weighted by Gasteiger charge is -2.11. The molecular formula is C12H13F3N2O. The summed E-state index contributed by atoms with van der Waals surface area (Å²) in [4.78, 5) is 10.8. The van der Waals surface area contributed by atoms with E-state index in [2.05, 4.69) is 5.32 Å². The number of alkyl halides is 3. The van der Waals surface area contributed by atoms with Crippen molar-refractivity contribution in [1.82, 2.24) is 0 Å². The Labute approximate surface area is 102 Å². The molecule has 0 fully saturated rings. The number of hydrogen-bond donors (Lipinski definition) is 2. The number of nitrogens with two attached hydrogens (primary N) is 1. The van der Waals surface area contributed by atoms with Crippen molar-refractivity contribution in [2.75, 3.05) is 11.1 Å². The van der Waals surface area contributed by atoms with Crippen LogP contribution in [0.3, 0.4) is 0 Å². The number of ketones is 1. The molecule has 0 aliphatic carbocycles. The van der Waals surface area contributed by atoms with E-state index < -0.39 is 12.0 Å². The Hall–Kier alpha value is -1.98. The molecule has 98 valence electrons. The summed E-state index contributed by atoms with van der Waals surface area (Å²) >= 11 is 0. The largest absolute Gasteiger partial charge is 0.454 e. The number of allylic oxidation sites excluding steroid dienone is 2. The van der Waals surface area contributed by atoms with Gasteiger partial charge in [-0.05, 0) is 31.5 Å². The first-order chi connectivity index (χ1) is 8.21. The van der Waals surface area contributed by atoms with Crippen LogP contribution in [-0.2, 0) is 4.79 Å². The van der Waals surface area contributed by atoms with E-state index in [4.69, 9.17) is 5.73 Å². The van der Waals surface area contributed by atoms with E-state index in [1.165, 1.54) is 6.92 Å². The molecule has 1 rings (SSSR count). The molecule has 0 saturated heterocycles. The van der Waals surface area contributed by atoms with E-state index in [1.54, 1.807) is 25.1 Å². The quantitative estimate of drug-likeness (QED) is 0.647. The van der Waals surface area contributed by atoms with Gasteiger partial charge in [0.25, 0.3) is 5.78 Å². The smallest absolute Gasteiger partial charge is 0.398 e. The Morgan fingerprint density at radius 2 is 2.00 bits per heavy atom. The van der Waals surface area contributed by atoms with Crippen molar-refractivity contribution in [3.05, 3.63) is 35.5 Å². The van der Waals surface area contributed by atoms with Crippen LogP contribution < -0.4 is 11.1 Å². The molecule has 3 N–H and O–H groups in total. The lowest BCUT2D eigenvalue weighted by Crippen LogP contribution is -2.21. The Morgan fingerprint density at radius 1 is 1.39 bits per heavy atom.